The minimum Gasteiger partial charge on any atom is -0.423 e. The molecule has 0 amide bonds. The van der Waals surface area contributed by atoms with E-state index < -0.39 is 24.8 Å². The molecule has 17 heavy (non-hydrogen) atoms. The van der Waals surface area contributed by atoms with Crippen molar-refractivity contribution < 1.29 is 28.0 Å². The second-order valence-corrected chi connectivity index (χ2v) is 3.67. The zero-order valence-corrected chi connectivity index (χ0v) is 8.48. The van der Waals surface area contributed by atoms with E-state index in [0.717, 1.165) is 19.2 Å². The molecule has 1 aromatic heterocycles. The third-order valence-corrected chi connectivity index (χ3v) is 2.31. The smallest absolute Gasteiger partial charge is 0.423 e. The molecule has 1 fully saturated rings. The Morgan fingerprint density at radius 2 is 1.94 bits per heavy atom. The van der Waals surface area contributed by atoms with Crippen molar-refractivity contribution in [2.75, 3.05) is 0 Å². The van der Waals surface area contributed by atoms with E-state index in [-0.39, 0.29) is 11.6 Å². The fourth-order valence-electron chi connectivity index (χ4n) is 1.51. The zero-order valence-electron chi connectivity index (χ0n) is 8.48. The van der Waals surface area contributed by atoms with Crippen LogP contribution in [0.5, 0.6) is 5.88 Å². The third-order valence-electron chi connectivity index (χ3n) is 2.31. The van der Waals surface area contributed by atoms with Crippen molar-refractivity contribution in [3.8, 4) is 5.88 Å². The number of ether oxygens (including phenoxy) is 1. The number of hydrogen-bond donors (Lipinski definition) is 2. The minimum atomic E-state index is -4.93. The molecule has 1 saturated carbocycles. The van der Waals surface area contributed by atoms with Gasteiger partial charge in [0.1, 0.15) is 6.33 Å². The van der Waals surface area contributed by atoms with Crippen LogP contribution < -0.4 is 10.2 Å². The van der Waals surface area contributed by atoms with Crippen molar-refractivity contribution in [2.45, 2.75) is 25.1 Å². The normalized spacial score (nSPS) is 15.8. The van der Waals surface area contributed by atoms with E-state index in [1.807, 2.05) is 0 Å². The van der Waals surface area contributed by atoms with Gasteiger partial charge in [0.25, 0.3) is 0 Å². The predicted molar refractivity (Wildman–Crippen MR) is 50.5 cm³/mol. The fraction of sp³-hybridized carbons (Fsp3) is 0.500. The van der Waals surface area contributed by atoms with Crippen LogP contribution in [-0.4, -0.2) is 33.5 Å². The lowest BCUT2D eigenvalue weighted by molar-refractivity contribution is -0.275. The Hall–Kier alpha value is -1.35. The summed E-state index contributed by atoms with van der Waals surface area (Å²) in [5.74, 6) is -0.908. The average molecular weight is 248 g/mol. The maximum atomic E-state index is 12.1. The highest BCUT2D eigenvalue weighted by Gasteiger charge is 2.38. The van der Waals surface area contributed by atoms with Crippen molar-refractivity contribution in [1.29, 1.82) is 0 Å². The van der Waals surface area contributed by atoms with Crippen molar-refractivity contribution >= 4 is 12.6 Å². The van der Waals surface area contributed by atoms with E-state index in [4.69, 9.17) is 10.0 Å². The van der Waals surface area contributed by atoms with Gasteiger partial charge in [-0.05, 0) is 12.8 Å². The zero-order chi connectivity index (χ0) is 12.6. The van der Waals surface area contributed by atoms with Crippen molar-refractivity contribution in [1.82, 2.24) is 9.97 Å². The molecule has 92 valence electrons. The van der Waals surface area contributed by atoms with Crippen LogP contribution in [0.4, 0.5) is 13.2 Å². The summed E-state index contributed by atoms with van der Waals surface area (Å²) in [5.41, 5.74) is -0.207. The molecule has 2 rings (SSSR count). The number of aromatic nitrogens is 2. The largest absolute Gasteiger partial charge is 0.574 e. The molecule has 9 heteroatoms. The number of rotatable bonds is 3. The maximum absolute atomic E-state index is 12.1. The standard InChI is InChI=1S/C8H8BF3N2O3/c10-8(11,12)17-7-5(9(15)16)6(4-1-2-4)13-3-14-7/h3-4,15-16H,1-2H2. The molecule has 1 aromatic rings. The fourth-order valence-corrected chi connectivity index (χ4v) is 1.51. The molecule has 0 unspecified atom stereocenters. The van der Waals surface area contributed by atoms with E-state index in [9.17, 15) is 13.2 Å². The Morgan fingerprint density at radius 3 is 2.41 bits per heavy atom. The Balaban J connectivity index is 2.40. The topological polar surface area (TPSA) is 75.5 Å². The van der Waals surface area contributed by atoms with Gasteiger partial charge in [-0.15, -0.1) is 13.2 Å². The molecule has 0 saturated heterocycles. The summed E-state index contributed by atoms with van der Waals surface area (Å²) in [4.78, 5) is 7.06. The number of hydrogen-bond acceptors (Lipinski definition) is 5. The number of alkyl halides is 3. The summed E-state index contributed by atoms with van der Waals surface area (Å²) in [6.45, 7) is 0. The molecule has 0 aromatic carbocycles. The van der Waals surface area contributed by atoms with Crippen LogP contribution in [0.3, 0.4) is 0 Å². The van der Waals surface area contributed by atoms with Gasteiger partial charge in [-0.2, -0.15) is 0 Å². The lowest BCUT2D eigenvalue weighted by Gasteiger charge is -2.13. The highest BCUT2D eigenvalue weighted by Crippen LogP contribution is 2.39. The molecule has 0 spiro atoms. The van der Waals surface area contributed by atoms with Crippen LogP contribution in [-0.2, 0) is 0 Å². The summed E-state index contributed by atoms with van der Waals surface area (Å²) in [6.07, 6.45) is -2.51. The van der Waals surface area contributed by atoms with Gasteiger partial charge < -0.3 is 14.8 Å². The number of halogens is 3. The first-order chi connectivity index (χ1) is 7.88. The van der Waals surface area contributed by atoms with Crippen LogP contribution in [0.25, 0.3) is 0 Å². The molecule has 0 bridgehead atoms. The molecule has 1 heterocycles. The lowest BCUT2D eigenvalue weighted by Crippen LogP contribution is -2.37. The van der Waals surface area contributed by atoms with Gasteiger partial charge >= 0.3 is 13.5 Å². The van der Waals surface area contributed by atoms with Gasteiger partial charge in [0.2, 0.25) is 5.88 Å². The predicted octanol–water partition coefficient (Wildman–Crippen LogP) is -0.0676. The van der Waals surface area contributed by atoms with E-state index in [2.05, 4.69) is 14.7 Å². The molecular formula is C8H8BF3N2O3. The third kappa shape index (κ3) is 2.86. The van der Waals surface area contributed by atoms with Gasteiger partial charge in [-0.1, -0.05) is 0 Å². The first kappa shape index (κ1) is 12.1. The van der Waals surface area contributed by atoms with Gasteiger partial charge in [0.05, 0.1) is 11.2 Å². The van der Waals surface area contributed by atoms with Gasteiger partial charge in [-0.25, -0.2) is 9.97 Å². The first-order valence-electron chi connectivity index (χ1n) is 4.85. The summed E-state index contributed by atoms with van der Waals surface area (Å²) >= 11 is 0. The van der Waals surface area contributed by atoms with Crippen molar-refractivity contribution in [2.24, 2.45) is 0 Å². The van der Waals surface area contributed by atoms with Gasteiger partial charge in [0, 0.05) is 5.92 Å². The van der Waals surface area contributed by atoms with Crippen molar-refractivity contribution in [3.63, 3.8) is 0 Å². The molecule has 5 nitrogen and oxygen atoms in total. The Morgan fingerprint density at radius 1 is 1.29 bits per heavy atom. The van der Waals surface area contributed by atoms with E-state index >= 15 is 0 Å². The Labute approximate surface area is 94.4 Å². The summed E-state index contributed by atoms with van der Waals surface area (Å²) in [7, 11) is -2.09. The van der Waals surface area contributed by atoms with Gasteiger partial charge in [-0.3, -0.25) is 0 Å². The average Bonchev–Trinajstić information content (AvgIpc) is 2.96. The van der Waals surface area contributed by atoms with E-state index in [1.165, 1.54) is 0 Å². The van der Waals surface area contributed by atoms with Gasteiger partial charge in [0.15, 0.2) is 0 Å². The Kier molecular flexibility index (Phi) is 2.96. The van der Waals surface area contributed by atoms with Crippen molar-refractivity contribution in [3.05, 3.63) is 12.0 Å². The summed E-state index contributed by atoms with van der Waals surface area (Å²) < 4.78 is 39.9. The molecule has 1 aliphatic rings. The summed E-state index contributed by atoms with van der Waals surface area (Å²) in [5, 5.41) is 18.2. The lowest BCUT2D eigenvalue weighted by atomic mass is 9.78. The number of nitrogens with zero attached hydrogens (tertiary/aromatic N) is 2. The SMILES string of the molecule is OB(O)c1c(OC(F)(F)F)ncnc1C1CC1. The van der Waals surface area contributed by atoms with E-state index in [0.29, 0.717) is 0 Å². The van der Waals surface area contributed by atoms with Crippen LogP contribution in [0.15, 0.2) is 6.33 Å². The Bertz CT molecular complexity index is 423. The minimum absolute atomic E-state index is 0.0506. The monoisotopic (exact) mass is 248 g/mol. The van der Waals surface area contributed by atoms with Crippen LogP contribution in [0.2, 0.25) is 0 Å². The highest BCUT2D eigenvalue weighted by atomic mass is 19.4. The highest BCUT2D eigenvalue weighted by molar-refractivity contribution is 6.60. The first-order valence-corrected chi connectivity index (χ1v) is 4.85. The molecule has 0 atom stereocenters. The quantitative estimate of drug-likeness (QED) is 0.732. The second-order valence-electron chi connectivity index (χ2n) is 3.67. The van der Waals surface area contributed by atoms with E-state index in [1.54, 1.807) is 0 Å². The maximum Gasteiger partial charge on any atom is 0.574 e. The molecular weight excluding hydrogens is 240 g/mol. The summed E-state index contributed by atoms with van der Waals surface area (Å²) in [6, 6.07) is 0. The van der Waals surface area contributed by atoms with Crippen LogP contribution >= 0.6 is 0 Å². The molecule has 0 radical (unpaired) electrons. The molecule has 0 aliphatic heterocycles. The molecule has 2 N–H and O–H groups in total. The van der Waals surface area contributed by atoms with Crippen LogP contribution in [0, 0.1) is 0 Å². The second kappa shape index (κ2) is 4.15. The van der Waals surface area contributed by atoms with Crippen LogP contribution in [0.1, 0.15) is 24.5 Å². The molecule has 1 aliphatic carbocycles.